The fraction of sp³-hybridized carbons (Fsp3) is 0.162. The van der Waals surface area contributed by atoms with Crippen LogP contribution in [0.25, 0.3) is 11.8 Å². The van der Waals surface area contributed by atoms with Gasteiger partial charge in [0.05, 0.1) is 35.1 Å². The number of hydrogen-bond donors (Lipinski definition) is 0. The van der Waals surface area contributed by atoms with Gasteiger partial charge in [-0.05, 0) is 61.4 Å². The minimum absolute atomic E-state index is 0.166. The van der Waals surface area contributed by atoms with Crippen molar-refractivity contribution in [2.75, 3.05) is 13.2 Å². The van der Waals surface area contributed by atoms with Gasteiger partial charge in [0.1, 0.15) is 23.9 Å². The lowest BCUT2D eigenvalue weighted by atomic mass is 9.93. The molecule has 7 nitrogen and oxygen atoms in total. The van der Waals surface area contributed by atoms with Crippen molar-refractivity contribution in [2.24, 2.45) is 4.99 Å². The Kier molecular flexibility index (Phi) is 9.21. The van der Waals surface area contributed by atoms with Crippen LogP contribution in [0.1, 0.15) is 42.1 Å². The van der Waals surface area contributed by atoms with Gasteiger partial charge in [0.25, 0.3) is 5.56 Å². The third-order valence-corrected chi connectivity index (χ3v) is 8.38. The highest BCUT2D eigenvalue weighted by Gasteiger charge is 2.35. The maximum atomic E-state index is 14.3. The molecule has 1 aliphatic heterocycles. The van der Waals surface area contributed by atoms with Gasteiger partial charge in [0.2, 0.25) is 0 Å². The molecule has 1 atom stereocenters. The number of fused-ring (bicyclic) bond motifs is 1. The highest BCUT2D eigenvalue weighted by Crippen LogP contribution is 2.35. The summed E-state index contributed by atoms with van der Waals surface area (Å²) < 4.78 is 32.7. The molecule has 1 aromatic heterocycles. The summed E-state index contributed by atoms with van der Waals surface area (Å²) in [6.45, 7) is 4.56. The van der Waals surface area contributed by atoms with E-state index in [-0.39, 0.29) is 30.2 Å². The summed E-state index contributed by atoms with van der Waals surface area (Å²) in [5.74, 6) is 0.390. The van der Waals surface area contributed by atoms with E-state index < -0.39 is 12.0 Å². The molecule has 6 rings (SSSR count). The number of ether oxygens (including phenoxy) is 3. The molecule has 232 valence electrons. The minimum Gasteiger partial charge on any atom is -0.494 e. The Morgan fingerprint density at radius 1 is 0.891 bits per heavy atom. The molecule has 2 heterocycles. The highest BCUT2D eigenvalue weighted by atomic mass is 32.1. The Morgan fingerprint density at radius 2 is 1.61 bits per heavy atom. The second-order valence-electron chi connectivity index (χ2n) is 10.4. The van der Waals surface area contributed by atoms with Gasteiger partial charge in [-0.15, -0.1) is 0 Å². The fourth-order valence-corrected chi connectivity index (χ4v) is 6.27. The van der Waals surface area contributed by atoms with Crippen molar-refractivity contribution in [1.29, 1.82) is 0 Å². The molecule has 0 unspecified atom stereocenters. The molecule has 9 heteroatoms. The monoisotopic (exact) mass is 634 g/mol. The Hall–Kier alpha value is -5.28. The van der Waals surface area contributed by atoms with Gasteiger partial charge >= 0.3 is 5.97 Å². The summed E-state index contributed by atoms with van der Waals surface area (Å²) in [4.78, 5) is 33.3. The first-order chi connectivity index (χ1) is 22.5. The molecule has 4 aromatic carbocycles. The first kappa shape index (κ1) is 30.7. The van der Waals surface area contributed by atoms with E-state index in [1.54, 1.807) is 29.7 Å². The molecule has 1 aliphatic rings. The van der Waals surface area contributed by atoms with Gasteiger partial charge in [-0.2, -0.15) is 0 Å². The van der Waals surface area contributed by atoms with E-state index in [1.807, 2.05) is 85.8 Å². The van der Waals surface area contributed by atoms with Crippen LogP contribution in [0, 0.1) is 5.82 Å². The van der Waals surface area contributed by atoms with Crippen LogP contribution in [0.3, 0.4) is 0 Å². The quantitative estimate of drug-likeness (QED) is 0.175. The zero-order valence-corrected chi connectivity index (χ0v) is 26.1. The van der Waals surface area contributed by atoms with Gasteiger partial charge in [0.15, 0.2) is 4.80 Å². The van der Waals surface area contributed by atoms with Gasteiger partial charge in [-0.25, -0.2) is 14.2 Å². The minimum atomic E-state index is -0.798. The maximum Gasteiger partial charge on any atom is 0.338 e. The van der Waals surface area contributed by atoms with E-state index in [0.717, 1.165) is 11.1 Å². The molecular weight excluding hydrogens is 603 g/mol. The van der Waals surface area contributed by atoms with Crippen molar-refractivity contribution in [3.63, 3.8) is 0 Å². The molecule has 0 radical (unpaired) electrons. The topological polar surface area (TPSA) is 79.1 Å². The number of benzene rings is 4. The molecule has 0 bridgehead atoms. The number of carbonyl (C=O) groups excluding carboxylic acids is 1. The Labute approximate surface area is 269 Å². The van der Waals surface area contributed by atoms with Crippen molar-refractivity contribution in [3.05, 3.63) is 156 Å². The van der Waals surface area contributed by atoms with E-state index in [0.29, 0.717) is 44.3 Å². The number of thiazole rings is 1. The van der Waals surface area contributed by atoms with Crippen molar-refractivity contribution in [2.45, 2.75) is 26.5 Å². The first-order valence-corrected chi connectivity index (χ1v) is 15.8. The van der Waals surface area contributed by atoms with E-state index >= 15 is 0 Å². The van der Waals surface area contributed by atoms with Crippen LogP contribution >= 0.6 is 11.3 Å². The predicted molar refractivity (Wildman–Crippen MR) is 176 cm³/mol. The molecule has 0 aliphatic carbocycles. The smallest absolute Gasteiger partial charge is 0.338 e. The number of rotatable bonds is 10. The largest absolute Gasteiger partial charge is 0.494 e. The molecule has 0 amide bonds. The van der Waals surface area contributed by atoms with Crippen LogP contribution in [0.5, 0.6) is 11.5 Å². The molecule has 0 saturated carbocycles. The maximum absolute atomic E-state index is 14.3. The second-order valence-corrected chi connectivity index (χ2v) is 11.4. The number of esters is 1. The van der Waals surface area contributed by atoms with E-state index in [1.165, 1.54) is 23.5 Å². The predicted octanol–water partition coefficient (Wildman–Crippen LogP) is 6.05. The number of carbonyl (C=O) groups is 1. The van der Waals surface area contributed by atoms with Crippen molar-refractivity contribution in [3.8, 4) is 11.5 Å². The van der Waals surface area contributed by atoms with Gasteiger partial charge in [-0.3, -0.25) is 9.36 Å². The highest BCUT2D eigenvalue weighted by molar-refractivity contribution is 7.07. The van der Waals surface area contributed by atoms with Gasteiger partial charge in [-0.1, -0.05) is 84.1 Å². The summed E-state index contributed by atoms with van der Waals surface area (Å²) in [6, 6.07) is 29.5. The molecule has 46 heavy (non-hydrogen) atoms. The number of para-hydroxylation sites is 1. The zero-order valence-electron chi connectivity index (χ0n) is 25.3. The van der Waals surface area contributed by atoms with Crippen LogP contribution in [0.2, 0.25) is 0 Å². The number of halogens is 1. The van der Waals surface area contributed by atoms with Crippen LogP contribution in [0.15, 0.2) is 118 Å². The lowest BCUT2D eigenvalue weighted by Gasteiger charge is -2.26. The zero-order chi connectivity index (χ0) is 32.0. The normalized spacial score (nSPS) is 14.4. The van der Waals surface area contributed by atoms with Gasteiger partial charge in [0, 0.05) is 11.1 Å². The van der Waals surface area contributed by atoms with E-state index in [9.17, 15) is 14.0 Å². The number of aromatic nitrogens is 1. The van der Waals surface area contributed by atoms with Gasteiger partial charge < -0.3 is 14.2 Å². The van der Waals surface area contributed by atoms with Crippen molar-refractivity contribution < 1.29 is 23.4 Å². The Morgan fingerprint density at radius 3 is 2.33 bits per heavy atom. The second kappa shape index (κ2) is 13.8. The average molecular weight is 635 g/mol. The van der Waals surface area contributed by atoms with E-state index in [4.69, 9.17) is 19.2 Å². The fourth-order valence-electron chi connectivity index (χ4n) is 5.28. The summed E-state index contributed by atoms with van der Waals surface area (Å²) in [6.07, 6.45) is 1.77. The lowest BCUT2D eigenvalue weighted by Crippen LogP contribution is -2.40. The summed E-state index contributed by atoms with van der Waals surface area (Å²) in [7, 11) is 0. The third-order valence-electron chi connectivity index (χ3n) is 7.39. The SMILES string of the molecule is CCOC(=O)C1=C(c2ccccc2)N=c2s/c(=C\c3ccccc3OCc3ccc(F)cc3)c(=O)n2[C@H]1c1ccc(OCC)cc1. The average Bonchev–Trinajstić information content (AvgIpc) is 3.39. The van der Waals surface area contributed by atoms with Crippen LogP contribution < -0.4 is 24.4 Å². The van der Waals surface area contributed by atoms with Crippen molar-refractivity contribution >= 4 is 29.1 Å². The third kappa shape index (κ3) is 6.41. The van der Waals surface area contributed by atoms with Crippen LogP contribution in [-0.4, -0.2) is 23.8 Å². The molecule has 0 saturated heterocycles. The van der Waals surface area contributed by atoms with Crippen LogP contribution in [0.4, 0.5) is 4.39 Å². The lowest BCUT2D eigenvalue weighted by molar-refractivity contribution is -0.138. The Bertz CT molecular complexity index is 2070. The molecule has 0 fully saturated rings. The number of nitrogens with zero attached hydrogens (tertiary/aromatic N) is 2. The van der Waals surface area contributed by atoms with Crippen molar-refractivity contribution in [1.82, 2.24) is 4.57 Å². The first-order valence-electron chi connectivity index (χ1n) is 14.9. The summed E-state index contributed by atoms with van der Waals surface area (Å²) in [5.41, 5.74) is 3.38. The number of hydrogen-bond acceptors (Lipinski definition) is 7. The molecular formula is C37H31FN2O5S. The van der Waals surface area contributed by atoms with Crippen LogP contribution in [-0.2, 0) is 16.1 Å². The summed E-state index contributed by atoms with van der Waals surface area (Å²) >= 11 is 1.24. The Balaban J connectivity index is 1.51. The van der Waals surface area contributed by atoms with E-state index in [2.05, 4.69) is 0 Å². The molecule has 0 spiro atoms. The molecule has 0 N–H and O–H groups in total. The standard InChI is InChI=1S/C37H31FN2O5S/c1-3-43-29-20-16-26(17-21-29)34-32(36(42)44-4-2)33(25-10-6-5-7-11-25)39-37-40(34)35(41)31(46-37)22-27-12-8-9-13-30(27)45-23-24-14-18-28(38)19-15-24/h5-22,34H,3-4,23H2,1-2H3/b31-22-/t34-/m0/s1. The summed E-state index contributed by atoms with van der Waals surface area (Å²) in [5, 5.41) is 0. The molecule has 5 aromatic rings.